The van der Waals surface area contributed by atoms with Crippen molar-refractivity contribution < 1.29 is 9.59 Å². The monoisotopic (exact) mass is 350 g/mol. The van der Waals surface area contributed by atoms with Gasteiger partial charge in [0.2, 0.25) is 11.8 Å². The van der Waals surface area contributed by atoms with Crippen molar-refractivity contribution in [3.05, 3.63) is 71.8 Å². The van der Waals surface area contributed by atoms with Gasteiger partial charge in [-0.15, -0.1) is 0 Å². The molecule has 2 aromatic carbocycles. The lowest BCUT2D eigenvalue weighted by molar-refractivity contribution is -0.128. The fraction of sp³-hybridized carbons (Fsp3) is 0.364. The summed E-state index contributed by atoms with van der Waals surface area (Å²) in [5.74, 6) is -0.474. The van der Waals surface area contributed by atoms with Crippen LogP contribution < -0.4 is 11.1 Å². The lowest BCUT2D eigenvalue weighted by atomic mass is 9.84. The number of benzene rings is 2. The minimum atomic E-state index is -0.770. The summed E-state index contributed by atoms with van der Waals surface area (Å²) >= 11 is 0. The van der Waals surface area contributed by atoms with Gasteiger partial charge in [0.25, 0.3) is 0 Å². The zero-order valence-electron chi connectivity index (χ0n) is 14.9. The van der Waals surface area contributed by atoms with Gasteiger partial charge in [0.15, 0.2) is 0 Å². The second-order valence-electron chi connectivity index (χ2n) is 7.10. The molecule has 1 saturated carbocycles. The van der Waals surface area contributed by atoms with Gasteiger partial charge in [-0.3, -0.25) is 9.59 Å². The van der Waals surface area contributed by atoms with E-state index in [4.69, 9.17) is 5.73 Å². The number of carbonyl (C=O) groups excluding carboxylic acids is 2. The molecule has 0 aromatic heterocycles. The Bertz CT molecular complexity index is 685. The average Bonchev–Trinajstić information content (AvgIpc) is 3.16. The Morgan fingerprint density at radius 1 is 0.923 bits per heavy atom. The van der Waals surface area contributed by atoms with Crippen LogP contribution in [0.25, 0.3) is 0 Å². The molecule has 1 atom stereocenters. The standard InChI is InChI=1S/C22H26N2O2/c23-22(26)21(24-19(25)15-16-9-7-8-10-16)20(17-11-3-1-4-12-17)18-13-5-2-6-14-18/h1-6,11-14,16,20-21H,7-10,15H2,(H2,23,26)(H,24,25)/t21-/m1/s1. The summed E-state index contributed by atoms with van der Waals surface area (Å²) < 4.78 is 0. The Kier molecular flexibility index (Phi) is 6.05. The van der Waals surface area contributed by atoms with Gasteiger partial charge < -0.3 is 11.1 Å². The predicted octanol–water partition coefficient (Wildman–Crippen LogP) is 3.37. The smallest absolute Gasteiger partial charge is 0.240 e. The van der Waals surface area contributed by atoms with E-state index in [-0.39, 0.29) is 11.8 Å². The van der Waals surface area contributed by atoms with Gasteiger partial charge in [-0.05, 0) is 29.9 Å². The number of nitrogens with two attached hydrogens (primary N) is 1. The normalized spacial score (nSPS) is 15.7. The molecule has 3 N–H and O–H groups in total. The zero-order chi connectivity index (χ0) is 18.4. The maximum atomic E-state index is 12.6. The third-order valence-corrected chi connectivity index (χ3v) is 5.22. The van der Waals surface area contributed by atoms with Crippen molar-refractivity contribution >= 4 is 11.8 Å². The summed E-state index contributed by atoms with van der Waals surface area (Å²) in [6, 6.07) is 18.7. The van der Waals surface area contributed by atoms with Crippen LogP contribution in [0.1, 0.15) is 49.1 Å². The molecule has 4 heteroatoms. The van der Waals surface area contributed by atoms with E-state index in [0.29, 0.717) is 12.3 Å². The molecule has 2 amide bonds. The molecule has 136 valence electrons. The highest BCUT2D eigenvalue weighted by Crippen LogP contribution is 2.30. The van der Waals surface area contributed by atoms with Gasteiger partial charge >= 0.3 is 0 Å². The van der Waals surface area contributed by atoms with Crippen LogP contribution in [0.4, 0.5) is 0 Å². The SMILES string of the molecule is NC(=O)[C@H](NC(=O)CC1CCCC1)C(c1ccccc1)c1ccccc1. The molecule has 0 radical (unpaired) electrons. The first kappa shape index (κ1) is 18.2. The maximum absolute atomic E-state index is 12.6. The Morgan fingerprint density at radius 3 is 1.88 bits per heavy atom. The number of carbonyl (C=O) groups is 2. The van der Waals surface area contributed by atoms with Crippen molar-refractivity contribution in [3.63, 3.8) is 0 Å². The van der Waals surface area contributed by atoms with E-state index in [2.05, 4.69) is 5.32 Å². The van der Waals surface area contributed by atoms with Crippen LogP contribution >= 0.6 is 0 Å². The van der Waals surface area contributed by atoms with Crippen LogP contribution in [0.3, 0.4) is 0 Å². The van der Waals surface area contributed by atoms with Crippen LogP contribution in [0.2, 0.25) is 0 Å². The second kappa shape index (κ2) is 8.65. The zero-order valence-corrected chi connectivity index (χ0v) is 14.9. The fourth-order valence-electron chi connectivity index (χ4n) is 3.93. The molecule has 1 aliphatic carbocycles. The Hall–Kier alpha value is -2.62. The third-order valence-electron chi connectivity index (χ3n) is 5.22. The minimum Gasteiger partial charge on any atom is -0.368 e. The van der Waals surface area contributed by atoms with E-state index in [9.17, 15) is 9.59 Å². The van der Waals surface area contributed by atoms with E-state index < -0.39 is 11.9 Å². The Morgan fingerprint density at radius 2 is 1.42 bits per heavy atom. The second-order valence-corrected chi connectivity index (χ2v) is 7.10. The van der Waals surface area contributed by atoms with Crippen LogP contribution in [-0.2, 0) is 9.59 Å². The van der Waals surface area contributed by atoms with Gasteiger partial charge in [-0.1, -0.05) is 73.5 Å². The molecule has 26 heavy (non-hydrogen) atoms. The molecule has 3 rings (SSSR count). The quantitative estimate of drug-likeness (QED) is 0.803. The van der Waals surface area contributed by atoms with Gasteiger partial charge in [0.1, 0.15) is 6.04 Å². The summed E-state index contributed by atoms with van der Waals surface area (Å²) in [4.78, 5) is 24.8. The number of primary amides is 1. The van der Waals surface area contributed by atoms with Crippen LogP contribution in [0.5, 0.6) is 0 Å². The van der Waals surface area contributed by atoms with Crippen molar-refractivity contribution in [3.8, 4) is 0 Å². The molecule has 0 unspecified atom stereocenters. The van der Waals surface area contributed by atoms with Crippen molar-refractivity contribution in [1.29, 1.82) is 0 Å². The van der Waals surface area contributed by atoms with Crippen LogP contribution in [-0.4, -0.2) is 17.9 Å². The predicted molar refractivity (Wildman–Crippen MR) is 102 cm³/mol. The average molecular weight is 350 g/mol. The van der Waals surface area contributed by atoms with Gasteiger partial charge in [0.05, 0.1) is 0 Å². The first-order chi connectivity index (χ1) is 12.6. The van der Waals surface area contributed by atoms with Crippen molar-refractivity contribution in [1.82, 2.24) is 5.32 Å². The maximum Gasteiger partial charge on any atom is 0.240 e. The lowest BCUT2D eigenvalue weighted by Crippen LogP contribution is -2.48. The highest BCUT2D eigenvalue weighted by atomic mass is 16.2. The largest absolute Gasteiger partial charge is 0.368 e. The highest BCUT2D eigenvalue weighted by molar-refractivity contribution is 5.88. The number of hydrogen-bond donors (Lipinski definition) is 2. The molecule has 4 nitrogen and oxygen atoms in total. The number of hydrogen-bond acceptors (Lipinski definition) is 2. The Balaban J connectivity index is 1.85. The van der Waals surface area contributed by atoms with Gasteiger partial charge in [0, 0.05) is 12.3 Å². The van der Waals surface area contributed by atoms with Crippen molar-refractivity contribution in [2.24, 2.45) is 11.7 Å². The molecule has 2 aromatic rings. The summed E-state index contributed by atoms with van der Waals surface area (Å²) in [5, 5.41) is 2.93. The van der Waals surface area contributed by atoms with E-state index in [1.165, 1.54) is 12.8 Å². The molecule has 0 spiro atoms. The molecule has 1 aliphatic rings. The van der Waals surface area contributed by atoms with Crippen LogP contribution in [0, 0.1) is 5.92 Å². The summed E-state index contributed by atoms with van der Waals surface area (Å²) in [6.45, 7) is 0. The first-order valence-electron chi connectivity index (χ1n) is 9.33. The third kappa shape index (κ3) is 4.51. The van der Waals surface area contributed by atoms with Gasteiger partial charge in [-0.25, -0.2) is 0 Å². The van der Waals surface area contributed by atoms with Crippen LogP contribution in [0.15, 0.2) is 60.7 Å². The number of nitrogens with one attached hydrogen (secondary N) is 1. The fourth-order valence-corrected chi connectivity index (χ4v) is 3.93. The lowest BCUT2D eigenvalue weighted by Gasteiger charge is -2.27. The molecule has 0 heterocycles. The number of amides is 2. The molecular weight excluding hydrogens is 324 g/mol. The number of rotatable bonds is 7. The van der Waals surface area contributed by atoms with Crippen molar-refractivity contribution in [2.75, 3.05) is 0 Å². The Labute approximate surface area is 154 Å². The molecule has 0 saturated heterocycles. The summed E-state index contributed by atoms with van der Waals surface area (Å²) in [5.41, 5.74) is 7.64. The molecule has 1 fully saturated rings. The van der Waals surface area contributed by atoms with Crippen molar-refractivity contribution in [2.45, 2.75) is 44.1 Å². The van der Waals surface area contributed by atoms with E-state index in [1.54, 1.807) is 0 Å². The van der Waals surface area contributed by atoms with Gasteiger partial charge in [-0.2, -0.15) is 0 Å². The summed E-state index contributed by atoms with van der Waals surface area (Å²) in [7, 11) is 0. The molecule has 0 bridgehead atoms. The molecular formula is C22H26N2O2. The highest BCUT2D eigenvalue weighted by Gasteiger charge is 2.31. The molecule has 0 aliphatic heterocycles. The summed E-state index contributed by atoms with van der Waals surface area (Å²) in [6.07, 6.45) is 5.03. The topological polar surface area (TPSA) is 72.2 Å². The minimum absolute atomic E-state index is 0.0856. The van der Waals surface area contributed by atoms with E-state index in [0.717, 1.165) is 24.0 Å². The van der Waals surface area contributed by atoms with E-state index in [1.807, 2.05) is 60.7 Å². The van der Waals surface area contributed by atoms with E-state index >= 15 is 0 Å². The first-order valence-corrected chi connectivity index (χ1v) is 9.33.